The van der Waals surface area contributed by atoms with Crippen LogP contribution in [-0.4, -0.2) is 23.3 Å². The zero-order valence-corrected chi connectivity index (χ0v) is 15.9. The number of aromatic nitrogens is 1. The van der Waals surface area contributed by atoms with Crippen LogP contribution >= 0.6 is 11.6 Å². The average molecular weight is 396 g/mol. The quantitative estimate of drug-likeness (QED) is 0.655. The lowest BCUT2D eigenvalue weighted by Crippen LogP contribution is -2.33. The summed E-state index contributed by atoms with van der Waals surface area (Å²) in [4.78, 5) is 27.9. The maximum Gasteiger partial charge on any atom is 0.270 e. The van der Waals surface area contributed by atoms with Crippen molar-refractivity contribution >= 4 is 29.1 Å². The van der Waals surface area contributed by atoms with Crippen LogP contribution < -0.4 is 15.4 Å². The van der Waals surface area contributed by atoms with Gasteiger partial charge in [-0.2, -0.15) is 0 Å². The number of nitrogens with zero attached hydrogens (tertiary/aromatic N) is 1. The predicted molar refractivity (Wildman–Crippen MR) is 108 cm³/mol. The lowest BCUT2D eigenvalue weighted by molar-refractivity contribution is -0.115. The molecule has 1 heterocycles. The number of hydrogen-bond acceptors (Lipinski definition) is 4. The molecule has 0 atom stereocenters. The zero-order chi connectivity index (χ0) is 19.9. The summed E-state index contributed by atoms with van der Waals surface area (Å²) in [6.07, 6.45) is 1.43. The van der Waals surface area contributed by atoms with Crippen molar-refractivity contribution in [3.05, 3.63) is 83.1 Å². The van der Waals surface area contributed by atoms with Gasteiger partial charge in [0.1, 0.15) is 17.2 Å². The van der Waals surface area contributed by atoms with Gasteiger partial charge in [-0.25, -0.2) is 0 Å². The lowest BCUT2D eigenvalue weighted by Gasteiger charge is -2.09. The largest absolute Gasteiger partial charge is 0.457 e. The molecule has 0 bridgehead atoms. The first kappa shape index (κ1) is 19.4. The van der Waals surface area contributed by atoms with Crippen LogP contribution in [0.4, 0.5) is 5.69 Å². The first-order chi connectivity index (χ1) is 13.5. The number of carbonyl (C=O) groups is 2. The number of aryl methyl sites for hydroxylation is 1. The summed E-state index contributed by atoms with van der Waals surface area (Å²) in [5, 5.41) is 5.60. The number of ether oxygens (including phenoxy) is 1. The number of anilines is 1. The fourth-order valence-electron chi connectivity index (χ4n) is 2.41. The molecule has 0 saturated heterocycles. The van der Waals surface area contributed by atoms with Crippen LogP contribution in [0, 0.1) is 6.92 Å². The third kappa shape index (κ3) is 5.56. The molecule has 0 spiro atoms. The number of rotatable bonds is 6. The summed E-state index contributed by atoms with van der Waals surface area (Å²) in [6, 6.07) is 17.7. The van der Waals surface area contributed by atoms with Gasteiger partial charge in [-0.3, -0.25) is 14.6 Å². The first-order valence-corrected chi connectivity index (χ1v) is 8.91. The molecule has 2 amide bonds. The van der Waals surface area contributed by atoms with Gasteiger partial charge in [-0.1, -0.05) is 23.7 Å². The highest BCUT2D eigenvalue weighted by atomic mass is 35.5. The van der Waals surface area contributed by atoms with Gasteiger partial charge >= 0.3 is 0 Å². The van der Waals surface area contributed by atoms with E-state index in [0.717, 1.165) is 11.3 Å². The zero-order valence-electron chi connectivity index (χ0n) is 15.1. The number of hydrogen-bond donors (Lipinski definition) is 2. The molecule has 28 heavy (non-hydrogen) atoms. The first-order valence-electron chi connectivity index (χ1n) is 8.54. The van der Waals surface area contributed by atoms with E-state index >= 15 is 0 Å². The van der Waals surface area contributed by atoms with Crippen molar-refractivity contribution in [2.75, 3.05) is 11.9 Å². The van der Waals surface area contributed by atoms with E-state index in [9.17, 15) is 9.59 Å². The van der Waals surface area contributed by atoms with E-state index in [1.165, 1.54) is 12.3 Å². The molecule has 2 aromatic carbocycles. The molecular formula is C21H18ClN3O3. The maximum absolute atomic E-state index is 12.0. The third-order valence-electron chi connectivity index (χ3n) is 3.73. The number of carbonyl (C=O) groups excluding carboxylic acids is 2. The lowest BCUT2D eigenvalue weighted by atomic mass is 10.2. The molecule has 3 aromatic rings. The van der Waals surface area contributed by atoms with Gasteiger partial charge in [-0.15, -0.1) is 0 Å². The molecule has 2 N–H and O–H groups in total. The Hall–Kier alpha value is -3.38. The normalized spacial score (nSPS) is 10.2. The van der Waals surface area contributed by atoms with Gasteiger partial charge in [0.25, 0.3) is 5.91 Å². The van der Waals surface area contributed by atoms with Crippen molar-refractivity contribution < 1.29 is 14.3 Å². The third-order valence-corrected chi connectivity index (χ3v) is 3.96. The van der Waals surface area contributed by atoms with Crippen LogP contribution in [0.25, 0.3) is 0 Å². The number of benzene rings is 2. The molecule has 6 nitrogen and oxygen atoms in total. The van der Waals surface area contributed by atoms with E-state index in [1.54, 1.807) is 30.3 Å². The number of nitrogens with one attached hydrogen (secondary N) is 2. The van der Waals surface area contributed by atoms with E-state index in [-0.39, 0.29) is 18.1 Å². The second kappa shape index (κ2) is 9.01. The van der Waals surface area contributed by atoms with Crippen LogP contribution in [0.3, 0.4) is 0 Å². The molecule has 3 rings (SSSR count). The maximum atomic E-state index is 12.0. The van der Waals surface area contributed by atoms with Crippen molar-refractivity contribution in [3.8, 4) is 11.5 Å². The summed E-state index contributed by atoms with van der Waals surface area (Å²) in [6.45, 7) is 1.81. The minimum absolute atomic E-state index is 0.151. The van der Waals surface area contributed by atoms with E-state index < -0.39 is 5.91 Å². The molecule has 0 aliphatic carbocycles. The molecular weight excluding hydrogens is 378 g/mol. The van der Waals surface area contributed by atoms with E-state index in [0.29, 0.717) is 16.5 Å². The van der Waals surface area contributed by atoms with E-state index in [1.807, 2.05) is 31.2 Å². The summed E-state index contributed by atoms with van der Waals surface area (Å²) >= 11 is 5.82. The van der Waals surface area contributed by atoms with Gasteiger partial charge < -0.3 is 15.4 Å². The second-order valence-corrected chi connectivity index (χ2v) is 6.47. The van der Waals surface area contributed by atoms with Crippen molar-refractivity contribution in [3.63, 3.8) is 0 Å². The monoisotopic (exact) mass is 395 g/mol. The summed E-state index contributed by atoms with van der Waals surface area (Å²) in [5.74, 6) is 0.570. The minimum atomic E-state index is -0.473. The SMILES string of the molecule is Cc1cccc(Oc2ccc(NC(=O)CNC(=O)c3cc(Cl)ccn3)cc2)c1. The molecule has 7 heteroatoms. The van der Waals surface area contributed by atoms with Crippen molar-refractivity contribution in [1.82, 2.24) is 10.3 Å². The van der Waals surface area contributed by atoms with Crippen molar-refractivity contribution in [2.24, 2.45) is 0 Å². The number of halogens is 1. The Balaban J connectivity index is 1.51. The number of amides is 2. The highest BCUT2D eigenvalue weighted by molar-refractivity contribution is 6.30. The minimum Gasteiger partial charge on any atom is -0.457 e. The molecule has 0 aliphatic heterocycles. The smallest absolute Gasteiger partial charge is 0.270 e. The van der Waals surface area contributed by atoms with Gasteiger partial charge in [0.15, 0.2) is 0 Å². The van der Waals surface area contributed by atoms with E-state index in [2.05, 4.69) is 15.6 Å². The fourth-order valence-corrected chi connectivity index (χ4v) is 2.57. The Labute approximate surface area is 167 Å². The molecule has 0 saturated carbocycles. The summed E-state index contributed by atoms with van der Waals surface area (Å²) in [7, 11) is 0. The standard InChI is InChI=1S/C21H18ClN3O3/c1-14-3-2-4-18(11-14)28-17-7-5-16(6-8-17)25-20(26)13-24-21(27)19-12-15(22)9-10-23-19/h2-12H,13H2,1H3,(H,24,27)(H,25,26). The van der Waals surface area contributed by atoms with Gasteiger partial charge in [0, 0.05) is 16.9 Å². The fraction of sp³-hybridized carbons (Fsp3) is 0.0952. The molecule has 0 unspecified atom stereocenters. The van der Waals surface area contributed by atoms with E-state index in [4.69, 9.17) is 16.3 Å². The van der Waals surface area contributed by atoms with Crippen molar-refractivity contribution in [1.29, 1.82) is 0 Å². The summed E-state index contributed by atoms with van der Waals surface area (Å²) in [5.41, 5.74) is 1.85. The number of pyridine rings is 1. The molecule has 1 aromatic heterocycles. The Morgan fingerprint density at radius 1 is 1.04 bits per heavy atom. The molecule has 142 valence electrons. The highest BCUT2D eigenvalue weighted by Gasteiger charge is 2.10. The Morgan fingerprint density at radius 2 is 1.82 bits per heavy atom. The molecule has 0 aliphatic rings. The Morgan fingerprint density at radius 3 is 2.54 bits per heavy atom. The van der Waals surface area contributed by atoms with Crippen LogP contribution in [-0.2, 0) is 4.79 Å². The van der Waals surface area contributed by atoms with Gasteiger partial charge in [0.05, 0.1) is 6.54 Å². The Kier molecular flexibility index (Phi) is 6.24. The molecule has 0 radical (unpaired) electrons. The summed E-state index contributed by atoms with van der Waals surface area (Å²) < 4.78 is 5.77. The predicted octanol–water partition coefficient (Wildman–Crippen LogP) is 4.20. The van der Waals surface area contributed by atoms with Crippen LogP contribution in [0.5, 0.6) is 11.5 Å². The average Bonchev–Trinajstić information content (AvgIpc) is 2.68. The van der Waals surface area contributed by atoms with Crippen LogP contribution in [0.15, 0.2) is 66.9 Å². The van der Waals surface area contributed by atoms with Gasteiger partial charge in [-0.05, 0) is 61.0 Å². The Bertz CT molecular complexity index is 990. The van der Waals surface area contributed by atoms with Crippen LogP contribution in [0.2, 0.25) is 5.02 Å². The van der Waals surface area contributed by atoms with Crippen LogP contribution in [0.1, 0.15) is 16.1 Å². The highest BCUT2D eigenvalue weighted by Crippen LogP contribution is 2.23. The second-order valence-electron chi connectivity index (χ2n) is 6.03. The topological polar surface area (TPSA) is 80.3 Å². The molecule has 0 fully saturated rings. The van der Waals surface area contributed by atoms with Gasteiger partial charge in [0.2, 0.25) is 5.91 Å². The van der Waals surface area contributed by atoms with Crippen molar-refractivity contribution in [2.45, 2.75) is 6.92 Å².